The van der Waals surface area contributed by atoms with Crippen LogP contribution < -0.4 is 4.74 Å². The van der Waals surface area contributed by atoms with E-state index in [1.807, 2.05) is 12.1 Å². The number of methoxy groups -OCH3 is 1. The molecule has 6 heteroatoms. The molecule has 0 saturated carbocycles. The average molecular weight is 312 g/mol. The molecule has 118 valence electrons. The fraction of sp³-hybridized carbons (Fsp3) is 0.312. The van der Waals surface area contributed by atoms with Crippen molar-refractivity contribution >= 4 is 16.7 Å². The molecule has 0 aromatic heterocycles. The number of hydrogen-bond donors (Lipinski definition) is 0. The number of hydrogen-bond acceptors (Lipinski definition) is 3. The van der Waals surface area contributed by atoms with Crippen molar-refractivity contribution < 1.29 is 27.4 Å². The van der Waals surface area contributed by atoms with Crippen molar-refractivity contribution in [1.29, 1.82) is 0 Å². The molecule has 0 aliphatic rings. The molecular weight excluding hydrogens is 297 g/mol. The SMILES string of the molecule is COc1ccc2cc(C(C)C(=O)OCC(F)(F)F)ccc2c1. The number of alkyl halides is 3. The Morgan fingerprint density at radius 2 is 1.77 bits per heavy atom. The summed E-state index contributed by atoms with van der Waals surface area (Å²) in [7, 11) is 1.56. The molecule has 0 aliphatic heterocycles. The van der Waals surface area contributed by atoms with E-state index in [0.717, 1.165) is 10.8 Å². The zero-order valence-corrected chi connectivity index (χ0v) is 12.1. The molecular formula is C16H15F3O3. The molecule has 3 nitrogen and oxygen atoms in total. The van der Waals surface area contributed by atoms with Crippen molar-refractivity contribution in [2.45, 2.75) is 19.0 Å². The van der Waals surface area contributed by atoms with Gasteiger partial charge in [-0.25, -0.2) is 0 Å². The lowest BCUT2D eigenvalue weighted by Gasteiger charge is -2.14. The van der Waals surface area contributed by atoms with Gasteiger partial charge in [0.05, 0.1) is 13.0 Å². The van der Waals surface area contributed by atoms with Crippen molar-refractivity contribution in [1.82, 2.24) is 0 Å². The van der Waals surface area contributed by atoms with Gasteiger partial charge in [-0.05, 0) is 35.4 Å². The highest BCUT2D eigenvalue weighted by atomic mass is 19.4. The summed E-state index contributed by atoms with van der Waals surface area (Å²) < 4.78 is 45.6. The highest BCUT2D eigenvalue weighted by Gasteiger charge is 2.30. The first-order chi connectivity index (χ1) is 10.3. The van der Waals surface area contributed by atoms with E-state index in [1.165, 1.54) is 6.92 Å². The van der Waals surface area contributed by atoms with Crippen LogP contribution in [0, 0.1) is 0 Å². The molecule has 0 N–H and O–H groups in total. The smallest absolute Gasteiger partial charge is 0.422 e. The van der Waals surface area contributed by atoms with Crippen molar-refractivity contribution in [2.24, 2.45) is 0 Å². The largest absolute Gasteiger partial charge is 0.497 e. The first-order valence-corrected chi connectivity index (χ1v) is 6.61. The van der Waals surface area contributed by atoms with Crippen molar-refractivity contribution in [3.05, 3.63) is 42.0 Å². The second-order valence-electron chi connectivity index (χ2n) is 4.92. The molecule has 0 bridgehead atoms. The number of esters is 1. The number of fused-ring (bicyclic) bond motifs is 1. The summed E-state index contributed by atoms with van der Waals surface area (Å²) >= 11 is 0. The first-order valence-electron chi connectivity index (χ1n) is 6.61. The van der Waals surface area contributed by atoms with Crippen LogP contribution in [0.4, 0.5) is 13.2 Å². The van der Waals surface area contributed by atoms with E-state index in [-0.39, 0.29) is 0 Å². The van der Waals surface area contributed by atoms with Crippen LogP contribution in [-0.4, -0.2) is 25.9 Å². The van der Waals surface area contributed by atoms with Gasteiger partial charge < -0.3 is 9.47 Å². The van der Waals surface area contributed by atoms with Crippen LogP contribution in [-0.2, 0) is 9.53 Å². The molecule has 0 fully saturated rings. The van der Waals surface area contributed by atoms with Crippen molar-refractivity contribution in [2.75, 3.05) is 13.7 Å². The van der Waals surface area contributed by atoms with Gasteiger partial charge in [0.25, 0.3) is 0 Å². The molecule has 0 saturated heterocycles. The second kappa shape index (κ2) is 6.25. The Balaban J connectivity index is 2.17. The number of carbonyl (C=O) groups is 1. The normalized spacial score (nSPS) is 13.0. The summed E-state index contributed by atoms with van der Waals surface area (Å²) in [6.07, 6.45) is -4.52. The number of ether oxygens (including phenoxy) is 2. The van der Waals surface area contributed by atoms with Crippen LogP contribution in [0.2, 0.25) is 0 Å². The van der Waals surface area contributed by atoms with Gasteiger partial charge in [0, 0.05) is 0 Å². The maximum absolute atomic E-state index is 12.1. The van der Waals surface area contributed by atoms with Crippen molar-refractivity contribution in [3.8, 4) is 5.75 Å². The Morgan fingerprint density at radius 1 is 1.14 bits per heavy atom. The maximum Gasteiger partial charge on any atom is 0.422 e. The van der Waals surface area contributed by atoms with Crippen molar-refractivity contribution in [3.63, 3.8) is 0 Å². The molecule has 1 atom stereocenters. The third-order valence-corrected chi connectivity index (χ3v) is 3.30. The second-order valence-corrected chi connectivity index (χ2v) is 4.92. The van der Waals surface area contributed by atoms with Gasteiger partial charge in [-0.2, -0.15) is 13.2 Å². The monoisotopic (exact) mass is 312 g/mol. The van der Waals surface area contributed by atoms with Gasteiger partial charge in [0.2, 0.25) is 0 Å². The van der Waals surface area contributed by atoms with E-state index >= 15 is 0 Å². The number of benzene rings is 2. The molecule has 0 heterocycles. The number of halogens is 3. The summed E-state index contributed by atoms with van der Waals surface area (Å²) in [5.74, 6) is -0.961. The molecule has 0 spiro atoms. The topological polar surface area (TPSA) is 35.5 Å². The van der Waals surface area contributed by atoms with Gasteiger partial charge in [0.1, 0.15) is 5.75 Å². The Labute approximate surface area is 125 Å². The fourth-order valence-electron chi connectivity index (χ4n) is 2.05. The molecule has 0 radical (unpaired) electrons. The summed E-state index contributed by atoms with van der Waals surface area (Å²) in [5.41, 5.74) is 0.602. The molecule has 1 unspecified atom stereocenters. The average Bonchev–Trinajstić information content (AvgIpc) is 2.50. The summed E-state index contributed by atoms with van der Waals surface area (Å²) in [6.45, 7) is -0.0512. The van der Waals surface area contributed by atoms with E-state index in [4.69, 9.17) is 4.74 Å². The van der Waals surface area contributed by atoms with Gasteiger partial charge >= 0.3 is 12.1 Å². The molecule has 2 aromatic carbocycles. The van der Waals surface area contributed by atoms with Gasteiger partial charge in [-0.3, -0.25) is 4.79 Å². The highest BCUT2D eigenvalue weighted by molar-refractivity contribution is 5.86. The van der Waals surface area contributed by atoms with E-state index in [2.05, 4.69) is 4.74 Å². The third kappa shape index (κ3) is 3.90. The first kappa shape index (κ1) is 16.1. The lowest BCUT2D eigenvalue weighted by molar-refractivity contribution is -0.187. The Kier molecular flexibility index (Phi) is 4.59. The quantitative estimate of drug-likeness (QED) is 0.799. The Hall–Kier alpha value is -2.24. The van der Waals surface area contributed by atoms with Gasteiger partial charge in [-0.15, -0.1) is 0 Å². The van der Waals surface area contributed by atoms with Crippen LogP contribution in [0.15, 0.2) is 36.4 Å². The van der Waals surface area contributed by atoms with Crippen LogP contribution in [0.1, 0.15) is 18.4 Å². The van der Waals surface area contributed by atoms with Gasteiger partial charge in [0.15, 0.2) is 6.61 Å². The Bertz CT molecular complexity index is 680. The van der Waals surface area contributed by atoms with E-state index < -0.39 is 24.7 Å². The standard InChI is InChI=1S/C16H15F3O3/c1-10(15(20)22-9-16(17,18)19)11-3-4-13-8-14(21-2)6-5-12(13)7-11/h3-8,10H,9H2,1-2H3. The van der Waals surface area contributed by atoms with Gasteiger partial charge in [-0.1, -0.05) is 24.3 Å². The molecule has 0 amide bonds. The summed E-state index contributed by atoms with van der Waals surface area (Å²) in [6, 6.07) is 10.7. The predicted octanol–water partition coefficient (Wildman–Crippen LogP) is 4.06. The number of rotatable bonds is 4. The van der Waals surface area contributed by atoms with Crippen LogP contribution in [0.25, 0.3) is 10.8 Å². The van der Waals surface area contributed by atoms with E-state index in [9.17, 15) is 18.0 Å². The van der Waals surface area contributed by atoms with Crippen LogP contribution in [0.5, 0.6) is 5.75 Å². The van der Waals surface area contributed by atoms with Crippen LogP contribution >= 0.6 is 0 Å². The zero-order chi connectivity index (χ0) is 16.3. The minimum absolute atomic E-state index is 0.602. The highest BCUT2D eigenvalue weighted by Crippen LogP contribution is 2.26. The summed E-state index contributed by atoms with van der Waals surface area (Å²) in [5, 5.41) is 1.78. The molecule has 0 aliphatic carbocycles. The fourth-order valence-corrected chi connectivity index (χ4v) is 2.05. The molecule has 2 aromatic rings. The Morgan fingerprint density at radius 3 is 2.41 bits per heavy atom. The number of carbonyl (C=O) groups excluding carboxylic acids is 1. The molecule has 22 heavy (non-hydrogen) atoms. The predicted molar refractivity (Wildman–Crippen MR) is 75.9 cm³/mol. The van der Waals surface area contributed by atoms with Crippen LogP contribution in [0.3, 0.4) is 0 Å². The maximum atomic E-state index is 12.1. The third-order valence-electron chi connectivity index (χ3n) is 3.30. The lowest BCUT2D eigenvalue weighted by atomic mass is 9.98. The van der Waals surface area contributed by atoms with E-state index in [0.29, 0.717) is 11.3 Å². The summed E-state index contributed by atoms with van der Waals surface area (Å²) in [4.78, 5) is 11.7. The van der Waals surface area contributed by atoms with E-state index in [1.54, 1.807) is 31.4 Å². The lowest BCUT2D eigenvalue weighted by Crippen LogP contribution is -2.23. The molecule has 2 rings (SSSR count). The minimum atomic E-state index is -4.52. The minimum Gasteiger partial charge on any atom is -0.497 e. The zero-order valence-electron chi connectivity index (χ0n) is 12.1.